The Balaban J connectivity index is 2.26. The van der Waals surface area contributed by atoms with Gasteiger partial charge in [-0.3, -0.25) is 9.89 Å². The van der Waals surface area contributed by atoms with E-state index in [0.717, 1.165) is 4.90 Å². The van der Waals surface area contributed by atoms with Crippen LogP contribution in [0.25, 0.3) is 0 Å². The van der Waals surface area contributed by atoms with Gasteiger partial charge in [-0.1, -0.05) is 0 Å². The Kier molecular flexibility index (Phi) is 3.92. The van der Waals surface area contributed by atoms with Crippen molar-refractivity contribution in [2.24, 2.45) is 0 Å². The molecule has 0 aliphatic carbocycles. The topological polar surface area (TPSA) is 61.9 Å². The predicted octanol–water partition coefficient (Wildman–Crippen LogP) is 2.23. The second-order valence-corrected chi connectivity index (χ2v) is 4.29. The molecule has 2 aromatic rings. The number of aromatic nitrogens is 3. The van der Waals surface area contributed by atoms with Crippen molar-refractivity contribution in [3.05, 3.63) is 47.3 Å². The Hall–Kier alpha value is -2.45. The summed E-state index contributed by atoms with van der Waals surface area (Å²) in [4.78, 5) is 16.8. The van der Waals surface area contributed by atoms with Gasteiger partial charge >= 0.3 is 6.18 Å². The summed E-state index contributed by atoms with van der Waals surface area (Å²) in [5.74, 6) is -1.56. The third-order valence-electron chi connectivity index (χ3n) is 2.72. The number of carbonyl (C=O) groups is 1. The first kappa shape index (κ1) is 14.9. The number of carbonyl (C=O) groups excluding carboxylic acids is 1. The molecule has 9 heteroatoms. The van der Waals surface area contributed by atoms with Crippen molar-refractivity contribution in [1.82, 2.24) is 20.1 Å². The predicted molar refractivity (Wildman–Crippen MR) is 63.6 cm³/mol. The van der Waals surface area contributed by atoms with E-state index in [0.29, 0.717) is 24.0 Å². The standard InChI is InChI=1S/C12H10F4N4O/c1-20(5-10-17-6-18-19-10)11(21)8-4-7(12(14,15)16)2-3-9(8)13/h2-4,6H,5H2,1H3,(H,17,18,19). The molecule has 0 radical (unpaired) electrons. The van der Waals surface area contributed by atoms with Crippen LogP contribution in [0.2, 0.25) is 0 Å². The average Bonchev–Trinajstić information content (AvgIpc) is 2.90. The van der Waals surface area contributed by atoms with Crippen molar-refractivity contribution in [2.45, 2.75) is 12.7 Å². The molecule has 0 spiro atoms. The van der Waals surface area contributed by atoms with Crippen LogP contribution in [0.4, 0.5) is 17.6 Å². The largest absolute Gasteiger partial charge is 0.416 e. The van der Waals surface area contributed by atoms with Crippen molar-refractivity contribution in [1.29, 1.82) is 0 Å². The second-order valence-electron chi connectivity index (χ2n) is 4.29. The minimum atomic E-state index is -4.65. The number of nitrogens with one attached hydrogen (secondary N) is 1. The van der Waals surface area contributed by atoms with Crippen molar-refractivity contribution < 1.29 is 22.4 Å². The summed E-state index contributed by atoms with van der Waals surface area (Å²) in [6.07, 6.45) is -3.43. The molecule has 0 aliphatic rings. The van der Waals surface area contributed by atoms with Crippen LogP contribution >= 0.6 is 0 Å². The fourth-order valence-electron chi connectivity index (χ4n) is 1.67. The highest BCUT2D eigenvalue weighted by molar-refractivity contribution is 5.94. The van der Waals surface area contributed by atoms with E-state index in [2.05, 4.69) is 15.2 Å². The van der Waals surface area contributed by atoms with E-state index >= 15 is 0 Å². The van der Waals surface area contributed by atoms with Crippen LogP contribution < -0.4 is 0 Å². The maximum atomic E-state index is 13.6. The van der Waals surface area contributed by atoms with Gasteiger partial charge in [-0.25, -0.2) is 9.37 Å². The summed E-state index contributed by atoms with van der Waals surface area (Å²) in [5, 5.41) is 6.07. The molecule has 0 bridgehead atoms. The van der Waals surface area contributed by atoms with E-state index in [9.17, 15) is 22.4 Å². The van der Waals surface area contributed by atoms with Crippen LogP contribution in [0.15, 0.2) is 24.5 Å². The van der Waals surface area contributed by atoms with Gasteiger partial charge in [-0.15, -0.1) is 0 Å². The number of rotatable bonds is 3. The number of alkyl halides is 3. The lowest BCUT2D eigenvalue weighted by molar-refractivity contribution is -0.137. The molecule has 0 saturated carbocycles. The molecule has 2 rings (SSSR count). The molecule has 1 N–H and O–H groups in total. The Morgan fingerprint density at radius 2 is 2.10 bits per heavy atom. The van der Waals surface area contributed by atoms with Crippen LogP contribution in [-0.4, -0.2) is 33.0 Å². The molecule has 1 aromatic heterocycles. The Morgan fingerprint density at radius 3 is 2.67 bits per heavy atom. The Bertz CT molecular complexity index is 639. The third kappa shape index (κ3) is 3.36. The molecule has 5 nitrogen and oxygen atoms in total. The van der Waals surface area contributed by atoms with Crippen molar-refractivity contribution >= 4 is 5.91 Å². The Labute approximate surface area is 116 Å². The maximum Gasteiger partial charge on any atom is 0.416 e. The summed E-state index contributed by atoms with van der Waals surface area (Å²) in [7, 11) is 1.32. The zero-order chi connectivity index (χ0) is 15.6. The molecule has 0 aliphatic heterocycles. The minimum Gasteiger partial charge on any atom is -0.334 e. The zero-order valence-electron chi connectivity index (χ0n) is 10.8. The number of hydrogen-bond donors (Lipinski definition) is 1. The molecule has 0 unspecified atom stereocenters. The first-order chi connectivity index (χ1) is 9.79. The van der Waals surface area contributed by atoms with Gasteiger partial charge in [-0.2, -0.15) is 18.3 Å². The van der Waals surface area contributed by atoms with Crippen LogP contribution in [0.5, 0.6) is 0 Å². The van der Waals surface area contributed by atoms with E-state index in [1.54, 1.807) is 0 Å². The van der Waals surface area contributed by atoms with Crippen LogP contribution in [0.3, 0.4) is 0 Å². The quantitative estimate of drug-likeness (QED) is 0.884. The van der Waals surface area contributed by atoms with E-state index in [1.807, 2.05) is 0 Å². The number of nitrogens with zero attached hydrogens (tertiary/aromatic N) is 3. The van der Waals surface area contributed by atoms with E-state index in [4.69, 9.17) is 0 Å². The Morgan fingerprint density at radius 1 is 1.38 bits per heavy atom. The van der Waals surface area contributed by atoms with Crippen molar-refractivity contribution in [3.8, 4) is 0 Å². The number of halogens is 4. The van der Waals surface area contributed by atoms with Crippen LogP contribution in [0, 0.1) is 5.82 Å². The van der Waals surface area contributed by atoms with Gasteiger partial charge in [0, 0.05) is 7.05 Å². The summed E-state index contributed by atoms with van der Waals surface area (Å²) in [6, 6.07) is 1.70. The number of H-pyrrole nitrogens is 1. The van der Waals surface area contributed by atoms with Gasteiger partial charge in [0.1, 0.15) is 18.0 Å². The number of amides is 1. The minimum absolute atomic E-state index is 0.0332. The third-order valence-corrected chi connectivity index (χ3v) is 2.72. The van der Waals surface area contributed by atoms with Gasteiger partial charge in [0.05, 0.1) is 17.7 Å². The van der Waals surface area contributed by atoms with Crippen molar-refractivity contribution in [2.75, 3.05) is 7.05 Å². The average molecular weight is 302 g/mol. The molecule has 1 amide bonds. The highest BCUT2D eigenvalue weighted by atomic mass is 19.4. The van der Waals surface area contributed by atoms with E-state index in [-0.39, 0.29) is 6.54 Å². The summed E-state index contributed by atoms with van der Waals surface area (Å²) in [5.41, 5.74) is -1.73. The highest BCUT2D eigenvalue weighted by Gasteiger charge is 2.32. The number of benzene rings is 1. The fourth-order valence-corrected chi connectivity index (χ4v) is 1.67. The second kappa shape index (κ2) is 5.51. The lowest BCUT2D eigenvalue weighted by Crippen LogP contribution is -2.28. The van der Waals surface area contributed by atoms with Crippen LogP contribution in [0.1, 0.15) is 21.7 Å². The van der Waals surface area contributed by atoms with Gasteiger partial charge in [0.25, 0.3) is 5.91 Å². The maximum absolute atomic E-state index is 13.6. The summed E-state index contributed by atoms with van der Waals surface area (Å²) in [6.45, 7) is -0.0332. The molecule has 112 valence electrons. The first-order valence-corrected chi connectivity index (χ1v) is 5.75. The fraction of sp³-hybridized carbons (Fsp3) is 0.250. The molecule has 1 heterocycles. The molecule has 0 atom stereocenters. The molecule has 1 aromatic carbocycles. The number of hydrogen-bond acceptors (Lipinski definition) is 3. The smallest absolute Gasteiger partial charge is 0.334 e. The lowest BCUT2D eigenvalue weighted by Gasteiger charge is -2.17. The van der Waals surface area contributed by atoms with Gasteiger partial charge < -0.3 is 4.90 Å². The molecule has 0 fully saturated rings. The zero-order valence-corrected chi connectivity index (χ0v) is 10.8. The normalized spacial score (nSPS) is 11.5. The molecule has 0 saturated heterocycles. The summed E-state index contributed by atoms with van der Waals surface area (Å²) >= 11 is 0. The first-order valence-electron chi connectivity index (χ1n) is 5.75. The lowest BCUT2D eigenvalue weighted by atomic mass is 10.1. The SMILES string of the molecule is CN(Cc1ncn[nH]1)C(=O)c1cc(C(F)(F)F)ccc1F. The van der Waals surface area contributed by atoms with Gasteiger partial charge in [0.2, 0.25) is 0 Å². The van der Waals surface area contributed by atoms with Gasteiger partial charge in [0.15, 0.2) is 0 Å². The van der Waals surface area contributed by atoms with E-state index < -0.39 is 29.0 Å². The van der Waals surface area contributed by atoms with Crippen LogP contribution in [-0.2, 0) is 12.7 Å². The molecule has 21 heavy (non-hydrogen) atoms. The molecular formula is C12H10F4N4O. The monoisotopic (exact) mass is 302 g/mol. The van der Waals surface area contributed by atoms with E-state index in [1.165, 1.54) is 13.4 Å². The molecular weight excluding hydrogens is 292 g/mol. The van der Waals surface area contributed by atoms with Crippen molar-refractivity contribution in [3.63, 3.8) is 0 Å². The highest BCUT2D eigenvalue weighted by Crippen LogP contribution is 2.30. The summed E-state index contributed by atoms with van der Waals surface area (Å²) < 4.78 is 51.4. The van der Waals surface area contributed by atoms with Gasteiger partial charge in [-0.05, 0) is 18.2 Å². The number of aromatic amines is 1.